The maximum absolute atomic E-state index is 5.90. The summed E-state index contributed by atoms with van der Waals surface area (Å²) in [5.41, 5.74) is 6.97. The van der Waals surface area contributed by atoms with Gasteiger partial charge >= 0.3 is 0 Å². The van der Waals surface area contributed by atoms with Crippen molar-refractivity contribution < 1.29 is 14.2 Å². The van der Waals surface area contributed by atoms with E-state index in [1.807, 2.05) is 6.07 Å². The molecule has 0 aromatic heterocycles. The molecule has 0 atom stereocenters. The Kier molecular flexibility index (Phi) is 2.48. The van der Waals surface area contributed by atoms with E-state index in [0.717, 1.165) is 40.1 Å². The van der Waals surface area contributed by atoms with E-state index < -0.39 is 0 Å². The van der Waals surface area contributed by atoms with Gasteiger partial charge in [0.2, 0.25) is 6.79 Å². The summed E-state index contributed by atoms with van der Waals surface area (Å²) in [5, 5.41) is 0. The molecule has 2 N–H and O–H groups in total. The van der Waals surface area contributed by atoms with Crippen molar-refractivity contribution in [3.8, 4) is 17.2 Å². The molecular formula is C12H14BrNO3. The van der Waals surface area contributed by atoms with Gasteiger partial charge in [0, 0.05) is 23.6 Å². The van der Waals surface area contributed by atoms with E-state index >= 15 is 0 Å². The molecule has 1 saturated carbocycles. The van der Waals surface area contributed by atoms with Gasteiger partial charge in [0.1, 0.15) is 5.75 Å². The van der Waals surface area contributed by atoms with E-state index in [0.29, 0.717) is 6.54 Å². The molecule has 0 radical (unpaired) electrons. The van der Waals surface area contributed by atoms with Crippen LogP contribution in [-0.2, 0) is 5.41 Å². The molecule has 5 heteroatoms. The number of hydrogen-bond donors (Lipinski definition) is 1. The maximum Gasteiger partial charge on any atom is 0.231 e. The van der Waals surface area contributed by atoms with Crippen molar-refractivity contribution in [2.45, 2.75) is 18.3 Å². The van der Waals surface area contributed by atoms with Gasteiger partial charge in [-0.2, -0.15) is 0 Å². The third-order valence-electron chi connectivity index (χ3n) is 3.55. The maximum atomic E-state index is 5.90. The van der Waals surface area contributed by atoms with Crippen molar-refractivity contribution in [3.05, 3.63) is 16.1 Å². The van der Waals surface area contributed by atoms with Crippen LogP contribution < -0.4 is 19.9 Å². The monoisotopic (exact) mass is 299 g/mol. The third kappa shape index (κ3) is 1.52. The first-order valence-electron chi connectivity index (χ1n) is 5.58. The Bertz CT molecular complexity index is 468. The van der Waals surface area contributed by atoms with Crippen molar-refractivity contribution in [1.82, 2.24) is 0 Å². The Morgan fingerprint density at radius 3 is 2.82 bits per heavy atom. The minimum absolute atomic E-state index is 0.00685. The first-order valence-corrected chi connectivity index (χ1v) is 6.38. The Morgan fingerprint density at radius 2 is 2.24 bits per heavy atom. The van der Waals surface area contributed by atoms with Crippen LogP contribution in [0.25, 0.3) is 0 Å². The van der Waals surface area contributed by atoms with Gasteiger partial charge in [0.05, 0.1) is 11.6 Å². The predicted molar refractivity (Wildman–Crippen MR) is 66.8 cm³/mol. The molecule has 0 bridgehead atoms. The molecule has 1 heterocycles. The summed E-state index contributed by atoms with van der Waals surface area (Å²) in [6.45, 7) is 0.873. The van der Waals surface area contributed by atoms with Gasteiger partial charge in [-0.15, -0.1) is 0 Å². The smallest absolute Gasteiger partial charge is 0.231 e. The van der Waals surface area contributed by atoms with E-state index in [1.165, 1.54) is 0 Å². The van der Waals surface area contributed by atoms with Crippen LogP contribution >= 0.6 is 15.9 Å². The van der Waals surface area contributed by atoms with Gasteiger partial charge in [-0.05, 0) is 28.8 Å². The Balaban J connectivity index is 2.23. The normalized spacial score (nSPS) is 19.2. The predicted octanol–water partition coefficient (Wildman–Crippen LogP) is 2.18. The molecule has 92 valence electrons. The molecule has 1 aliphatic heterocycles. The third-order valence-corrected chi connectivity index (χ3v) is 4.14. The van der Waals surface area contributed by atoms with E-state index in [4.69, 9.17) is 19.9 Å². The van der Waals surface area contributed by atoms with Crippen molar-refractivity contribution in [2.75, 3.05) is 20.4 Å². The van der Waals surface area contributed by atoms with E-state index in [2.05, 4.69) is 15.9 Å². The lowest BCUT2D eigenvalue weighted by Gasteiger charge is -2.20. The lowest BCUT2D eigenvalue weighted by molar-refractivity contribution is 0.172. The fourth-order valence-electron chi connectivity index (χ4n) is 2.38. The van der Waals surface area contributed by atoms with Crippen LogP contribution in [0, 0.1) is 0 Å². The second-order valence-corrected chi connectivity index (χ2v) is 5.34. The van der Waals surface area contributed by atoms with Crippen LogP contribution in [0.4, 0.5) is 0 Å². The van der Waals surface area contributed by atoms with Crippen molar-refractivity contribution in [1.29, 1.82) is 0 Å². The molecule has 1 aromatic rings. The number of hydrogen-bond acceptors (Lipinski definition) is 4. The first-order chi connectivity index (χ1) is 8.22. The Morgan fingerprint density at radius 1 is 1.47 bits per heavy atom. The van der Waals surface area contributed by atoms with E-state index in [9.17, 15) is 0 Å². The number of nitrogens with two attached hydrogens (primary N) is 1. The van der Waals surface area contributed by atoms with E-state index in [1.54, 1.807) is 7.11 Å². The minimum Gasteiger partial charge on any atom is -0.495 e. The molecule has 1 fully saturated rings. The van der Waals surface area contributed by atoms with Crippen LogP contribution in [0.3, 0.4) is 0 Å². The second kappa shape index (κ2) is 3.78. The van der Waals surface area contributed by atoms with Gasteiger partial charge in [-0.25, -0.2) is 0 Å². The lowest BCUT2D eigenvalue weighted by Crippen LogP contribution is -2.21. The highest BCUT2D eigenvalue weighted by atomic mass is 79.9. The zero-order valence-electron chi connectivity index (χ0n) is 9.59. The summed E-state index contributed by atoms with van der Waals surface area (Å²) in [5.74, 6) is 2.39. The van der Waals surface area contributed by atoms with Gasteiger partial charge in [0.25, 0.3) is 0 Å². The summed E-state index contributed by atoms with van der Waals surface area (Å²) in [4.78, 5) is 0. The van der Waals surface area contributed by atoms with Gasteiger partial charge < -0.3 is 19.9 Å². The minimum atomic E-state index is 0.00685. The zero-order chi connectivity index (χ0) is 12.0. The highest BCUT2D eigenvalue weighted by Crippen LogP contribution is 2.58. The fourth-order valence-corrected chi connectivity index (χ4v) is 2.95. The topological polar surface area (TPSA) is 53.7 Å². The fraction of sp³-hybridized carbons (Fsp3) is 0.500. The second-order valence-electron chi connectivity index (χ2n) is 4.48. The summed E-state index contributed by atoms with van der Waals surface area (Å²) >= 11 is 3.51. The molecule has 17 heavy (non-hydrogen) atoms. The van der Waals surface area contributed by atoms with Crippen molar-refractivity contribution in [3.63, 3.8) is 0 Å². The van der Waals surface area contributed by atoms with Crippen molar-refractivity contribution in [2.24, 2.45) is 5.73 Å². The summed E-state index contributed by atoms with van der Waals surface area (Å²) in [7, 11) is 1.67. The molecule has 3 rings (SSSR count). The summed E-state index contributed by atoms with van der Waals surface area (Å²) in [6, 6.07) is 1.89. The highest BCUT2D eigenvalue weighted by molar-refractivity contribution is 9.10. The standard InChI is InChI=1S/C12H14BrNO3/c1-15-10-7(13)4-8-11(17-6-16-8)9(10)12(5-14)2-3-12/h4H,2-3,5-6,14H2,1H3. The Labute approximate surface area is 108 Å². The number of ether oxygens (including phenoxy) is 3. The number of methoxy groups -OCH3 is 1. The number of benzene rings is 1. The first kappa shape index (κ1) is 11.2. The molecule has 0 amide bonds. The quantitative estimate of drug-likeness (QED) is 0.929. The van der Waals surface area contributed by atoms with Gasteiger partial charge in [0.15, 0.2) is 11.5 Å². The number of halogens is 1. The van der Waals surface area contributed by atoms with Crippen LogP contribution in [0.1, 0.15) is 18.4 Å². The van der Waals surface area contributed by atoms with Crippen LogP contribution in [-0.4, -0.2) is 20.4 Å². The molecule has 0 unspecified atom stereocenters. The molecule has 0 spiro atoms. The lowest BCUT2D eigenvalue weighted by atomic mass is 9.93. The zero-order valence-corrected chi connectivity index (χ0v) is 11.2. The number of fused-ring (bicyclic) bond motifs is 1. The van der Waals surface area contributed by atoms with Crippen LogP contribution in [0.5, 0.6) is 17.2 Å². The van der Waals surface area contributed by atoms with Crippen LogP contribution in [0.2, 0.25) is 0 Å². The van der Waals surface area contributed by atoms with E-state index in [-0.39, 0.29) is 12.2 Å². The molecule has 2 aliphatic rings. The largest absolute Gasteiger partial charge is 0.495 e. The van der Waals surface area contributed by atoms with Crippen molar-refractivity contribution >= 4 is 15.9 Å². The van der Waals surface area contributed by atoms with Gasteiger partial charge in [-0.3, -0.25) is 0 Å². The number of rotatable bonds is 3. The summed E-state index contributed by atoms with van der Waals surface area (Å²) in [6.07, 6.45) is 2.15. The SMILES string of the molecule is COc1c(Br)cc2c(c1C1(CN)CC1)OCO2. The summed E-state index contributed by atoms with van der Waals surface area (Å²) < 4.78 is 17.4. The Hall–Kier alpha value is -0.940. The van der Waals surface area contributed by atoms with Gasteiger partial charge in [-0.1, -0.05) is 0 Å². The average Bonchev–Trinajstić information content (AvgIpc) is 2.99. The molecule has 4 nitrogen and oxygen atoms in total. The molecular weight excluding hydrogens is 286 g/mol. The van der Waals surface area contributed by atoms with Crippen LogP contribution in [0.15, 0.2) is 10.5 Å². The molecule has 1 aromatic carbocycles. The molecule has 1 aliphatic carbocycles. The average molecular weight is 300 g/mol. The molecule has 0 saturated heterocycles. The highest BCUT2D eigenvalue weighted by Gasteiger charge is 2.49.